The van der Waals surface area contributed by atoms with Crippen molar-refractivity contribution in [2.75, 3.05) is 5.32 Å². The Kier molecular flexibility index (Phi) is 6.14. The molecular weight excluding hydrogens is 430 g/mol. The minimum absolute atomic E-state index is 0.103. The van der Waals surface area contributed by atoms with Gasteiger partial charge in [-0.1, -0.05) is 51.1 Å². The summed E-state index contributed by atoms with van der Waals surface area (Å²) in [4.78, 5) is 50.4. The number of carbonyl (C=O) groups excluding carboxylic acids is 1. The van der Waals surface area contributed by atoms with E-state index in [1.807, 2.05) is 26.8 Å². The number of aromatic nitrogens is 4. The van der Waals surface area contributed by atoms with Gasteiger partial charge in [0.25, 0.3) is 17.0 Å². The molecule has 4 rings (SSSR count). The Hall–Kier alpha value is -4.46. The molecule has 0 saturated heterocycles. The molecule has 2 aromatic carbocycles. The number of benzene rings is 2. The van der Waals surface area contributed by atoms with Gasteiger partial charge in [-0.3, -0.25) is 14.4 Å². The van der Waals surface area contributed by atoms with E-state index in [9.17, 15) is 14.4 Å². The van der Waals surface area contributed by atoms with Crippen molar-refractivity contribution in [1.29, 1.82) is 0 Å². The van der Waals surface area contributed by atoms with Crippen molar-refractivity contribution in [2.24, 2.45) is 0 Å². The van der Waals surface area contributed by atoms with Crippen molar-refractivity contribution in [3.63, 3.8) is 0 Å². The zero-order valence-corrected chi connectivity index (χ0v) is 19.1. The number of hydrogen-bond donors (Lipinski definition) is 4. The van der Waals surface area contributed by atoms with Crippen LogP contribution in [0.1, 0.15) is 48.1 Å². The molecule has 4 aromatic rings. The quantitative estimate of drug-likeness (QED) is 0.376. The van der Waals surface area contributed by atoms with E-state index in [2.05, 4.69) is 25.3 Å². The second kappa shape index (κ2) is 9.19. The molecule has 0 spiro atoms. The van der Waals surface area contributed by atoms with Crippen LogP contribution in [0.2, 0.25) is 0 Å². The monoisotopic (exact) mass is 455 g/mol. The summed E-state index contributed by atoms with van der Waals surface area (Å²) in [5.74, 6) is -0.239. The number of hydrogen-bond acceptors (Lipinski definition) is 4. The first-order valence-corrected chi connectivity index (χ1v) is 10.8. The maximum Gasteiger partial charge on any atom is 0.272 e. The molecule has 0 unspecified atom stereocenters. The summed E-state index contributed by atoms with van der Waals surface area (Å²) in [6.07, 6.45) is 4.67. The highest BCUT2D eigenvalue weighted by Crippen LogP contribution is 2.22. The van der Waals surface area contributed by atoms with Crippen molar-refractivity contribution in [3.05, 3.63) is 115 Å². The third kappa shape index (κ3) is 5.12. The van der Waals surface area contributed by atoms with Gasteiger partial charge in [0.05, 0.1) is 12.0 Å². The van der Waals surface area contributed by atoms with E-state index in [0.717, 1.165) is 5.69 Å². The van der Waals surface area contributed by atoms with Crippen LogP contribution in [0.5, 0.6) is 0 Å². The smallest absolute Gasteiger partial charge is 0.272 e. The Labute approximate surface area is 195 Å². The van der Waals surface area contributed by atoms with Crippen LogP contribution in [-0.4, -0.2) is 25.8 Å². The Morgan fingerprint density at radius 3 is 2.26 bits per heavy atom. The van der Waals surface area contributed by atoms with E-state index < -0.39 is 11.1 Å². The van der Waals surface area contributed by atoms with E-state index in [1.54, 1.807) is 67.0 Å². The molecule has 1 amide bonds. The predicted octanol–water partition coefficient (Wildman–Crippen LogP) is 1.99. The summed E-state index contributed by atoms with van der Waals surface area (Å²) in [5, 5.41) is 3.05. The van der Waals surface area contributed by atoms with Gasteiger partial charge >= 0.3 is 0 Å². The van der Waals surface area contributed by atoms with Crippen LogP contribution in [0, 0.1) is 0 Å². The van der Waals surface area contributed by atoms with Gasteiger partial charge in [-0.25, -0.2) is 4.98 Å². The largest absolute Gasteiger partial charge is 0.348 e. The van der Waals surface area contributed by atoms with Crippen LogP contribution < -0.4 is 27.1 Å². The summed E-state index contributed by atoms with van der Waals surface area (Å²) >= 11 is 0. The van der Waals surface area contributed by atoms with Gasteiger partial charge in [0.1, 0.15) is 10.7 Å². The van der Waals surface area contributed by atoms with Gasteiger partial charge in [-0.2, -0.15) is 0 Å². The SMILES string of the molecule is CC(C)(C)c1[nH]cnc1/C=c1\[nH]c(=O)/c(=C/c2cccc(NC(=O)c3ccccc3)c2)[nH]c1=O. The maximum atomic E-state index is 12.7. The summed E-state index contributed by atoms with van der Waals surface area (Å²) in [5.41, 5.74) is 2.11. The molecule has 0 aliphatic heterocycles. The van der Waals surface area contributed by atoms with Crippen LogP contribution in [0.4, 0.5) is 5.69 Å². The first-order valence-electron chi connectivity index (χ1n) is 10.8. The third-order valence-corrected chi connectivity index (χ3v) is 5.18. The van der Waals surface area contributed by atoms with Gasteiger partial charge in [-0.05, 0) is 42.0 Å². The molecule has 0 radical (unpaired) electrons. The first kappa shape index (κ1) is 22.7. The number of amides is 1. The van der Waals surface area contributed by atoms with Gasteiger partial charge in [0, 0.05) is 22.4 Å². The zero-order chi connectivity index (χ0) is 24.3. The molecule has 0 aliphatic carbocycles. The fraction of sp³-hybridized carbons (Fsp3) is 0.154. The summed E-state index contributed by atoms with van der Waals surface area (Å²) in [7, 11) is 0. The number of H-pyrrole nitrogens is 3. The number of imidazole rings is 1. The van der Waals surface area contributed by atoms with Crippen LogP contribution in [0.3, 0.4) is 0 Å². The average Bonchev–Trinajstić information content (AvgIpc) is 3.27. The van der Waals surface area contributed by atoms with Crippen molar-refractivity contribution in [2.45, 2.75) is 26.2 Å². The Morgan fingerprint density at radius 2 is 1.59 bits per heavy atom. The third-order valence-electron chi connectivity index (χ3n) is 5.18. The van der Waals surface area contributed by atoms with E-state index >= 15 is 0 Å². The molecule has 0 atom stereocenters. The number of aromatic amines is 3. The molecule has 2 aromatic heterocycles. The molecule has 2 heterocycles. The molecule has 0 bridgehead atoms. The molecule has 8 heteroatoms. The van der Waals surface area contributed by atoms with Crippen molar-refractivity contribution < 1.29 is 4.79 Å². The van der Waals surface area contributed by atoms with Crippen LogP contribution >= 0.6 is 0 Å². The fourth-order valence-electron chi connectivity index (χ4n) is 3.51. The van der Waals surface area contributed by atoms with Gasteiger partial charge in [0.15, 0.2) is 0 Å². The summed E-state index contributed by atoms with van der Waals surface area (Å²) in [6.45, 7) is 6.08. The Bertz CT molecular complexity index is 1570. The van der Waals surface area contributed by atoms with E-state index in [0.29, 0.717) is 22.5 Å². The summed E-state index contributed by atoms with van der Waals surface area (Å²) < 4.78 is 0. The van der Waals surface area contributed by atoms with Crippen molar-refractivity contribution >= 4 is 23.7 Å². The molecule has 8 nitrogen and oxygen atoms in total. The molecule has 34 heavy (non-hydrogen) atoms. The minimum atomic E-state index is -0.447. The lowest BCUT2D eigenvalue weighted by Gasteiger charge is -2.16. The highest BCUT2D eigenvalue weighted by atomic mass is 16.2. The first-order chi connectivity index (χ1) is 16.2. The molecule has 0 saturated carbocycles. The topological polar surface area (TPSA) is 123 Å². The van der Waals surface area contributed by atoms with Gasteiger partial charge in [-0.15, -0.1) is 0 Å². The van der Waals surface area contributed by atoms with Gasteiger partial charge in [0.2, 0.25) is 0 Å². The number of rotatable bonds is 4. The number of carbonyl (C=O) groups is 1. The number of anilines is 1. The molecule has 172 valence electrons. The minimum Gasteiger partial charge on any atom is -0.348 e. The standard InChI is InChI=1S/C26H25N5O3/c1-26(2,3)22-19(27-15-28-22)14-21-25(34)30-20(24(33)31-21)13-16-8-7-11-18(12-16)29-23(32)17-9-5-4-6-10-17/h4-15H,1-3H3,(H,27,28)(H,29,32)(H,30,34)(H,31,33)/b20-13-,21-14-. The highest BCUT2D eigenvalue weighted by Gasteiger charge is 2.19. The lowest BCUT2D eigenvalue weighted by molar-refractivity contribution is 0.102. The van der Waals surface area contributed by atoms with Crippen molar-refractivity contribution in [1.82, 2.24) is 19.9 Å². The van der Waals surface area contributed by atoms with Crippen LogP contribution in [0.15, 0.2) is 70.5 Å². The normalized spacial score (nSPS) is 12.7. The lowest BCUT2D eigenvalue weighted by Crippen LogP contribution is -2.46. The zero-order valence-electron chi connectivity index (χ0n) is 19.1. The average molecular weight is 456 g/mol. The summed E-state index contributed by atoms with van der Waals surface area (Å²) in [6, 6.07) is 15.9. The van der Waals surface area contributed by atoms with E-state index in [4.69, 9.17) is 0 Å². The number of nitrogens with one attached hydrogen (secondary N) is 4. The van der Waals surface area contributed by atoms with Gasteiger partial charge < -0.3 is 20.3 Å². The Morgan fingerprint density at radius 1 is 0.912 bits per heavy atom. The van der Waals surface area contributed by atoms with Crippen molar-refractivity contribution in [3.8, 4) is 0 Å². The van der Waals surface area contributed by atoms with E-state index in [1.165, 1.54) is 0 Å². The molecule has 0 aliphatic rings. The van der Waals surface area contributed by atoms with Crippen LogP contribution in [0.25, 0.3) is 12.2 Å². The Balaban J connectivity index is 1.66. The second-order valence-electron chi connectivity index (χ2n) is 8.88. The maximum absolute atomic E-state index is 12.7. The molecular formula is C26H25N5O3. The molecule has 4 N–H and O–H groups in total. The molecule has 0 fully saturated rings. The van der Waals surface area contributed by atoms with Crippen LogP contribution in [-0.2, 0) is 5.41 Å². The fourth-order valence-corrected chi connectivity index (χ4v) is 3.51. The number of nitrogens with zero attached hydrogens (tertiary/aromatic N) is 1. The second-order valence-corrected chi connectivity index (χ2v) is 8.88. The highest BCUT2D eigenvalue weighted by molar-refractivity contribution is 6.04. The lowest BCUT2D eigenvalue weighted by atomic mass is 9.90. The predicted molar refractivity (Wildman–Crippen MR) is 132 cm³/mol. The van der Waals surface area contributed by atoms with E-state index in [-0.39, 0.29) is 22.0 Å².